The molecule has 0 saturated carbocycles. The summed E-state index contributed by atoms with van der Waals surface area (Å²) in [5.41, 5.74) is 0. The van der Waals surface area contributed by atoms with E-state index in [2.05, 4.69) is 0 Å². The Morgan fingerprint density at radius 2 is 1.00 bits per heavy atom. The Bertz CT molecular complexity index is 188. The molecule has 0 aliphatic rings. The van der Waals surface area contributed by atoms with E-state index in [0.29, 0.717) is 0 Å². The monoisotopic (exact) mass is 192 g/mol. The first-order valence-corrected chi connectivity index (χ1v) is 2.01. The fourth-order valence-corrected chi connectivity index (χ4v) is 0.193. The molecule has 12 heavy (non-hydrogen) atoms. The van der Waals surface area contributed by atoms with Gasteiger partial charge in [0.1, 0.15) is 11.9 Å². The summed E-state index contributed by atoms with van der Waals surface area (Å²) >= 11 is 0. The van der Waals surface area contributed by atoms with Gasteiger partial charge in [0.25, 0.3) is 0 Å². The van der Waals surface area contributed by atoms with Gasteiger partial charge in [-0.05, 0) is 0 Å². The molecule has 0 aromatic heterocycles. The van der Waals surface area contributed by atoms with Crippen LogP contribution in [0.1, 0.15) is 0 Å². The average molecular weight is 192 g/mol. The zero-order valence-corrected chi connectivity index (χ0v) is 10.5. The summed E-state index contributed by atoms with van der Waals surface area (Å²) in [4.78, 5) is 19.2. The standard InChI is InChI=1S/C4H4O6.2Na/c5-1(3(7)8)2(6)4(9)10;;/h5-6H,(H,7,8)(H,9,10);;/q;2*+1/p-2/b2-1-;;. The van der Waals surface area contributed by atoms with Crippen LogP contribution >= 0.6 is 0 Å². The smallest absolute Gasteiger partial charge is 0.541 e. The number of rotatable bonds is 2. The van der Waals surface area contributed by atoms with Gasteiger partial charge >= 0.3 is 59.1 Å². The fraction of sp³-hybridized carbons (Fsp3) is 0. The van der Waals surface area contributed by atoms with Gasteiger partial charge in [0, 0.05) is 0 Å². The van der Waals surface area contributed by atoms with Crippen molar-refractivity contribution in [2.75, 3.05) is 0 Å². The molecule has 0 aliphatic carbocycles. The van der Waals surface area contributed by atoms with Crippen molar-refractivity contribution >= 4 is 11.9 Å². The molecule has 0 saturated heterocycles. The molecule has 0 rings (SSSR count). The maximum Gasteiger partial charge on any atom is 1.00 e. The molecule has 0 spiro atoms. The molecule has 0 fully saturated rings. The molecule has 0 unspecified atom stereocenters. The van der Waals surface area contributed by atoms with Crippen molar-refractivity contribution < 1.29 is 89.1 Å². The average Bonchev–Trinajstić information content (AvgIpc) is 1.84. The SMILES string of the molecule is O=C([O-])/C(O)=C(/O)C(=O)[O-].[Na+].[Na+]. The van der Waals surface area contributed by atoms with E-state index in [0.717, 1.165) is 0 Å². The van der Waals surface area contributed by atoms with Gasteiger partial charge in [-0.15, -0.1) is 0 Å². The predicted molar refractivity (Wildman–Crippen MR) is 22.3 cm³/mol. The van der Waals surface area contributed by atoms with Crippen molar-refractivity contribution in [1.29, 1.82) is 0 Å². The van der Waals surface area contributed by atoms with Gasteiger partial charge < -0.3 is 30.0 Å². The van der Waals surface area contributed by atoms with Gasteiger partial charge in [0.05, 0.1) is 0 Å². The van der Waals surface area contributed by atoms with Crippen LogP contribution in [0.25, 0.3) is 0 Å². The van der Waals surface area contributed by atoms with Crippen LogP contribution in [0, 0.1) is 0 Å². The van der Waals surface area contributed by atoms with Crippen LogP contribution in [0.4, 0.5) is 0 Å². The number of aliphatic hydroxyl groups excluding tert-OH is 2. The molecule has 0 amide bonds. The van der Waals surface area contributed by atoms with Gasteiger partial charge in [-0.3, -0.25) is 0 Å². The van der Waals surface area contributed by atoms with Gasteiger partial charge in [-0.25, -0.2) is 0 Å². The molecule has 0 heterocycles. The molecule has 8 heteroatoms. The summed E-state index contributed by atoms with van der Waals surface area (Å²) in [7, 11) is 0. The van der Waals surface area contributed by atoms with Crippen LogP contribution in [0.5, 0.6) is 0 Å². The summed E-state index contributed by atoms with van der Waals surface area (Å²) < 4.78 is 0. The molecule has 0 radical (unpaired) electrons. The molecule has 2 N–H and O–H groups in total. The minimum absolute atomic E-state index is 0. The number of aliphatic hydroxyl groups is 2. The molecule has 0 aliphatic heterocycles. The molecule has 56 valence electrons. The van der Waals surface area contributed by atoms with E-state index >= 15 is 0 Å². The van der Waals surface area contributed by atoms with E-state index in [1.54, 1.807) is 0 Å². The summed E-state index contributed by atoms with van der Waals surface area (Å²) in [6, 6.07) is 0. The number of carbonyl (C=O) groups excluding carboxylic acids is 2. The largest absolute Gasteiger partial charge is 1.00 e. The number of hydrogen-bond donors (Lipinski definition) is 2. The Kier molecular flexibility index (Phi) is 12.0. The second-order valence-electron chi connectivity index (χ2n) is 1.27. The van der Waals surface area contributed by atoms with Crippen LogP contribution in [-0.2, 0) is 9.59 Å². The van der Waals surface area contributed by atoms with Crippen LogP contribution in [0.2, 0.25) is 0 Å². The van der Waals surface area contributed by atoms with Crippen molar-refractivity contribution in [2.24, 2.45) is 0 Å². The quantitative estimate of drug-likeness (QED) is 0.254. The van der Waals surface area contributed by atoms with E-state index in [-0.39, 0.29) is 59.1 Å². The zero-order chi connectivity index (χ0) is 8.31. The van der Waals surface area contributed by atoms with Crippen LogP contribution < -0.4 is 69.3 Å². The number of carboxylic acid groups (broad SMARTS) is 2. The number of carboxylic acids is 2. The summed E-state index contributed by atoms with van der Waals surface area (Å²) in [5, 5.41) is 35.4. The summed E-state index contributed by atoms with van der Waals surface area (Å²) in [6.45, 7) is 0. The molecule has 0 aromatic carbocycles. The molecule has 6 nitrogen and oxygen atoms in total. The normalized spacial score (nSPS) is 10.0. The fourth-order valence-electron chi connectivity index (χ4n) is 0.193. The van der Waals surface area contributed by atoms with Crippen molar-refractivity contribution in [2.45, 2.75) is 0 Å². The minimum atomic E-state index is -2.18. The molecule has 0 bridgehead atoms. The van der Waals surface area contributed by atoms with Crippen molar-refractivity contribution in [3.63, 3.8) is 0 Å². The van der Waals surface area contributed by atoms with Crippen molar-refractivity contribution in [1.82, 2.24) is 0 Å². The van der Waals surface area contributed by atoms with E-state index in [1.807, 2.05) is 0 Å². The van der Waals surface area contributed by atoms with Crippen LogP contribution in [0.3, 0.4) is 0 Å². The Morgan fingerprint density at radius 3 is 1.08 bits per heavy atom. The Hall–Kier alpha value is 0.280. The Morgan fingerprint density at radius 1 is 0.833 bits per heavy atom. The third kappa shape index (κ3) is 5.87. The first-order valence-electron chi connectivity index (χ1n) is 2.01. The predicted octanol–water partition coefficient (Wildman–Crippen LogP) is -9.18. The van der Waals surface area contributed by atoms with E-state index in [1.165, 1.54) is 0 Å². The third-order valence-corrected chi connectivity index (χ3v) is 0.611. The topological polar surface area (TPSA) is 121 Å². The van der Waals surface area contributed by atoms with Crippen molar-refractivity contribution in [3.05, 3.63) is 11.5 Å². The van der Waals surface area contributed by atoms with E-state index in [9.17, 15) is 19.8 Å². The Labute approximate surface area is 111 Å². The summed E-state index contributed by atoms with van der Waals surface area (Å²) in [5.74, 6) is -7.86. The second-order valence-corrected chi connectivity index (χ2v) is 1.27. The van der Waals surface area contributed by atoms with E-state index < -0.39 is 23.5 Å². The van der Waals surface area contributed by atoms with E-state index in [4.69, 9.17) is 10.2 Å². The van der Waals surface area contributed by atoms with Crippen LogP contribution in [-0.4, -0.2) is 22.2 Å². The molecular weight excluding hydrogens is 190 g/mol. The number of hydrogen-bond acceptors (Lipinski definition) is 6. The van der Waals surface area contributed by atoms with Gasteiger partial charge in [0.2, 0.25) is 0 Å². The third-order valence-electron chi connectivity index (χ3n) is 0.611. The van der Waals surface area contributed by atoms with Gasteiger partial charge in [0.15, 0.2) is 11.5 Å². The molecule has 0 atom stereocenters. The number of aliphatic carboxylic acids is 2. The maximum atomic E-state index is 9.58. The second kappa shape index (κ2) is 7.90. The number of carbonyl (C=O) groups is 2. The minimum Gasteiger partial charge on any atom is -0.541 e. The van der Waals surface area contributed by atoms with Gasteiger partial charge in [-0.2, -0.15) is 0 Å². The molecular formula is C4H2Na2O6. The maximum absolute atomic E-state index is 9.58. The molecule has 0 aromatic rings. The first-order chi connectivity index (χ1) is 4.46. The van der Waals surface area contributed by atoms with Crippen molar-refractivity contribution in [3.8, 4) is 0 Å². The first kappa shape index (κ1) is 18.1. The van der Waals surface area contributed by atoms with Gasteiger partial charge in [-0.1, -0.05) is 0 Å². The van der Waals surface area contributed by atoms with Crippen LogP contribution in [0.15, 0.2) is 11.5 Å². The summed E-state index contributed by atoms with van der Waals surface area (Å²) in [6.07, 6.45) is 0. The zero-order valence-electron chi connectivity index (χ0n) is 6.53. The Balaban J connectivity index is -0.000000405.